The van der Waals surface area contributed by atoms with Crippen LogP contribution in [0.15, 0.2) is 12.4 Å². The number of nitrogens with zero attached hydrogens (tertiary/aromatic N) is 3. The number of carbonyl (C=O) groups excluding carboxylic acids is 1. The molecule has 0 aromatic carbocycles. The van der Waals surface area contributed by atoms with Crippen molar-refractivity contribution in [2.75, 3.05) is 0 Å². The summed E-state index contributed by atoms with van der Waals surface area (Å²) in [7, 11) is 0. The van der Waals surface area contributed by atoms with Crippen LogP contribution in [-0.2, 0) is 11.3 Å². The van der Waals surface area contributed by atoms with Gasteiger partial charge in [-0.2, -0.15) is 5.10 Å². The van der Waals surface area contributed by atoms with Gasteiger partial charge in [-0.05, 0) is 27.2 Å². The molecular weight excluding hydrogens is 228 g/mol. The summed E-state index contributed by atoms with van der Waals surface area (Å²) in [6.45, 7) is 6.95. The average molecular weight is 250 g/mol. The highest BCUT2D eigenvalue weighted by molar-refractivity contribution is 5.78. The van der Waals surface area contributed by atoms with Crippen molar-refractivity contribution in [3.63, 3.8) is 0 Å². The zero-order valence-corrected chi connectivity index (χ0v) is 11.3. The summed E-state index contributed by atoms with van der Waals surface area (Å²) in [5.74, 6) is 0.195. The number of hydrogen-bond acceptors (Lipinski definition) is 3. The molecule has 1 amide bonds. The molecule has 2 rings (SSSR count). The van der Waals surface area contributed by atoms with Gasteiger partial charge in [-0.15, -0.1) is 0 Å². The minimum absolute atomic E-state index is 0.000365. The molecule has 2 atom stereocenters. The Bertz CT molecular complexity index is 426. The number of aryl methyl sites for hydroxylation is 1. The minimum Gasteiger partial charge on any atom is -0.332 e. The first-order chi connectivity index (χ1) is 8.54. The van der Waals surface area contributed by atoms with E-state index < -0.39 is 0 Å². The van der Waals surface area contributed by atoms with Crippen molar-refractivity contribution in [2.24, 2.45) is 5.73 Å². The summed E-state index contributed by atoms with van der Waals surface area (Å²) in [6.07, 6.45) is 5.14. The second kappa shape index (κ2) is 5.10. The maximum Gasteiger partial charge on any atom is 0.223 e. The predicted molar refractivity (Wildman–Crippen MR) is 69.8 cm³/mol. The quantitative estimate of drug-likeness (QED) is 0.879. The number of amides is 1. The second-order valence-corrected chi connectivity index (χ2v) is 5.17. The highest BCUT2D eigenvalue weighted by Crippen LogP contribution is 2.32. The predicted octanol–water partition coefficient (Wildman–Crippen LogP) is 1.30. The third-order valence-electron chi connectivity index (χ3n) is 3.56. The van der Waals surface area contributed by atoms with Crippen molar-refractivity contribution in [1.29, 1.82) is 0 Å². The molecule has 1 aromatic heterocycles. The molecule has 0 bridgehead atoms. The Kier molecular flexibility index (Phi) is 3.71. The van der Waals surface area contributed by atoms with E-state index >= 15 is 0 Å². The van der Waals surface area contributed by atoms with E-state index in [-0.39, 0.29) is 24.0 Å². The fourth-order valence-corrected chi connectivity index (χ4v) is 2.66. The van der Waals surface area contributed by atoms with Gasteiger partial charge in [0, 0.05) is 36.8 Å². The van der Waals surface area contributed by atoms with Gasteiger partial charge >= 0.3 is 0 Å². The molecule has 0 radical (unpaired) electrons. The first kappa shape index (κ1) is 13.1. The third kappa shape index (κ3) is 2.27. The van der Waals surface area contributed by atoms with Gasteiger partial charge in [0.15, 0.2) is 0 Å². The summed E-state index contributed by atoms with van der Waals surface area (Å²) >= 11 is 0. The van der Waals surface area contributed by atoms with Crippen LogP contribution >= 0.6 is 0 Å². The van der Waals surface area contributed by atoms with Gasteiger partial charge in [-0.3, -0.25) is 9.48 Å². The van der Waals surface area contributed by atoms with Gasteiger partial charge in [0.1, 0.15) is 0 Å². The van der Waals surface area contributed by atoms with Gasteiger partial charge < -0.3 is 10.6 Å². The second-order valence-electron chi connectivity index (χ2n) is 5.17. The van der Waals surface area contributed by atoms with E-state index in [2.05, 4.69) is 5.10 Å². The zero-order chi connectivity index (χ0) is 13.3. The molecule has 0 aliphatic carbocycles. The van der Waals surface area contributed by atoms with E-state index in [0.29, 0.717) is 6.42 Å². The Morgan fingerprint density at radius 3 is 2.83 bits per heavy atom. The molecule has 2 unspecified atom stereocenters. The maximum absolute atomic E-state index is 12.1. The first-order valence-electron chi connectivity index (χ1n) is 6.63. The first-order valence-corrected chi connectivity index (χ1v) is 6.63. The molecule has 0 spiro atoms. The van der Waals surface area contributed by atoms with Crippen LogP contribution in [-0.4, -0.2) is 32.7 Å². The summed E-state index contributed by atoms with van der Waals surface area (Å²) in [4.78, 5) is 14.0. The standard InChI is InChI=1S/C13H22N4O/c1-4-16-8-10(7-15-16)13-11(14)5-6-12(18)17(13)9(2)3/h7-9,11,13H,4-6,14H2,1-3H3. The molecule has 0 saturated carbocycles. The van der Waals surface area contributed by atoms with Crippen LogP contribution in [0.3, 0.4) is 0 Å². The summed E-state index contributed by atoms with van der Waals surface area (Å²) in [6, 6.07) is 0.130. The number of rotatable bonds is 3. The van der Waals surface area contributed by atoms with E-state index in [1.165, 1.54) is 0 Å². The van der Waals surface area contributed by atoms with Crippen LogP contribution in [0, 0.1) is 0 Å². The lowest BCUT2D eigenvalue weighted by Gasteiger charge is -2.41. The van der Waals surface area contributed by atoms with E-state index in [1.54, 1.807) is 0 Å². The van der Waals surface area contributed by atoms with Crippen LogP contribution in [0.25, 0.3) is 0 Å². The molecule has 2 heterocycles. The van der Waals surface area contributed by atoms with Crippen molar-refractivity contribution in [2.45, 2.75) is 58.3 Å². The molecule has 100 valence electrons. The smallest absolute Gasteiger partial charge is 0.223 e. The van der Waals surface area contributed by atoms with Crippen LogP contribution in [0.4, 0.5) is 0 Å². The Morgan fingerprint density at radius 2 is 2.28 bits per heavy atom. The van der Waals surface area contributed by atoms with E-state index in [1.807, 2.05) is 42.7 Å². The maximum atomic E-state index is 12.1. The number of piperidine rings is 1. The minimum atomic E-state index is -0.0356. The van der Waals surface area contributed by atoms with Gasteiger partial charge in [0.25, 0.3) is 0 Å². The normalized spacial score (nSPS) is 24.9. The Hall–Kier alpha value is -1.36. The fraction of sp³-hybridized carbons (Fsp3) is 0.692. The van der Waals surface area contributed by atoms with Crippen molar-refractivity contribution in [1.82, 2.24) is 14.7 Å². The monoisotopic (exact) mass is 250 g/mol. The molecule has 1 fully saturated rings. The number of aromatic nitrogens is 2. The van der Waals surface area contributed by atoms with Crippen molar-refractivity contribution >= 4 is 5.91 Å². The fourth-order valence-electron chi connectivity index (χ4n) is 2.66. The number of carbonyl (C=O) groups is 1. The Balaban J connectivity index is 2.33. The lowest BCUT2D eigenvalue weighted by atomic mass is 9.91. The van der Waals surface area contributed by atoms with Gasteiger partial charge in [0.2, 0.25) is 5.91 Å². The third-order valence-corrected chi connectivity index (χ3v) is 3.56. The number of hydrogen-bond donors (Lipinski definition) is 1. The summed E-state index contributed by atoms with van der Waals surface area (Å²) in [5, 5.41) is 4.29. The van der Waals surface area contributed by atoms with Crippen molar-refractivity contribution in [3.8, 4) is 0 Å². The largest absolute Gasteiger partial charge is 0.332 e. The highest BCUT2D eigenvalue weighted by atomic mass is 16.2. The van der Waals surface area contributed by atoms with Gasteiger partial charge in [0.05, 0.1) is 12.2 Å². The molecular formula is C13H22N4O. The number of nitrogens with two attached hydrogens (primary N) is 1. The summed E-state index contributed by atoms with van der Waals surface area (Å²) < 4.78 is 1.87. The van der Waals surface area contributed by atoms with Gasteiger partial charge in [-0.25, -0.2) is 0 Å². The lowest BCUT2D eigenvalue weighted by Crippen LogP contribution is -2.51. The van der Waals surface area contributed by atoms with Crippen LogP contribution < -0.4 is 5.73 Å². The van der Waals surface area contributed by atoms with E-state index in [0.717, 1.165) is 18.5 Å². The van der Waals surface area contributed by atoms with Crippen LogP contribution in [0.2, 0.25) is 0 Å². The molecule has 18 heavy (non-hydrogen) atoms. The Morgan fingerprint density at radius 1 is 1.56 bits per heavy atom. The topological polar surface area (TPSA) is 64.2 Å². The van der Waals surface area contributed by atoms with E-state index in [4.69, 9.17) is 5.73 Å². The molecule has 2 N–H and O–H groups in total. The molecule has 1 aliphatic heterocycles. The van der Waals surface area contributed by atoms with Crippen molar-refractivity contribution < 1.29 is 4.79 Å². The molecule has 1 aromatic rings. The molecule has 1 saturated heterocycles. The van der Waals surface area contributed by atoms with Crippen LogP contribution in [0.1, 0.15) is 45.2 Å². The van der Waals surface area contributed by atoms with Crippen LogP contribution in [0.5, 0.6) is 0 Å². The molecule has 1 aliphatic rings. The number of likely N-dealkylation sites (tertiary alicyclic amines) is 1. The summed E-state index contributed by atoms with van der Waals surface area (Å²) in [5.41, 5.74) is 7.27. The molecule has 5 heteroatoms. The zero-order valence-electron chi connectivity index (χ0n) is 11.3. The van der Waals surface area contributed by atoms with Gasteiger partial charge in [-0.1, -0.05) is 0 Å². The van der Waals surface area contributed by atoms with Crippen molar-refractivity contribution in [3.05, 3.63) is 18.0 Å². The van der Waals surface area contributed by atoms with E-state index in [9.17, 15) is 4.79 Å². The lowest BCUT2D eigenvalue weighted by molar-refractivity contribution is -0.139. The Labute approximate surface area is 108 Å². The molecule has 5 nitrogen and oxygen atoms in total. The SMILES string of the molecule is CCn1cc(C2C(N)CCC(=O)N2C(C)C)cn1. The average Bonchev–Trinajstić information content (AvgIpc) is 2.79. The highest BCUT2D eigenvalue weighted by Gasteiger charge is 2.36.